The van der Waals surface area contributed by atoms with Crippen molar-refractivity contribution in [3.8, 4) is 0 Å². The topological polar surface area (TPSA) is 36.4 Å². The number of allylic oxidation sites excluding steroid dienone is 4. The maximum atomic E-state index is 5.18. The van der Waals surface area contributed by atoms with E-state index in [-0.39, 0.29) is 0 Å². The summed E-state index contributed by atoms with van der Waals surface area (Å²) in [7, 11) is 0. The molecular weight excluding hydrogens is 290 g/mol. The highest BCUT2D eigenvalue weighted by Gasteiger charge is 1.94. The fourth-order valence-corrected chi connectivity index (χ4v) is 1.90. The van der Waals surface area contributed by atoms with Crippen LogP contribution in [-0.4, -0.2) is 11.3 Å². The molecule has 1 rings (SSSR count). The molecule has 0 aliphatic heterocycles. The van der Waals surface area contributed by atoms with Crippen molar-refractivity contribution in [3.63, 3.8) is 0 Å². The van der Waals surface area contributed by atoms with Crippen molar-refractivity contribution < 1.29 is 0 Å². The van der Waals surface area contributed by atoms with Crippen LogP contribution in [0.15, 0.2) is 52.7 Å². The third kappa shape index (κ3) is 8.37. The highest BCUT2D eigenvalue weighted by Crippen LogP contribution is 2.08. The molecule has 0 fully saturated rings. The SMILES string of the molecule is CC(C)=CCC/C(C)=C/C=NNC(=S)Nc1ccc(C)cc1. The number of nitrogens with one attached hydrogen (secondary N) is 2. The third-order valence-corrected chi connectivity index (χ3v) is 3.19. The standard InChI is InChI=1S/C18H25N3S/c1-14(2)6-5-7-15(3)12-13-19-21-18(22)20-17-10-8-16(4)9-11-17/h6,8-13H,5,7H2,1-4H3,(H2,20,21,22)/b15-12+,19-13?. The van der Waals surface area contributed by atoms with Crippen molar-refractivity contribution >= 4 is 29.2 Å². The monoisotopic (exact) mass is 315 g/mol. The van der Waals surface area contributed by atoms with E-state index in [1.54, 1.807) is 6.21 Å². The van der Waals surface area contributed by atoms with E-state index in [4.69, 9.17) is 12.2 Å². The minimum atomic E-state index is 0.482. The van der Waals surface area contributed by atoms with Gasteiger partial charge in [-0.3, -0.25) is 5.43 Å². The molecule has 0 aliphatic carbocycles. The van der Waals surface area contributed by atoms with Gasteiger partial charge in [0.2, 0.25) is 0 Å². The van der Waals surface area contributed by atoms with Crippen LogP contribution < -0.4 is 10.7 Å². The van der Waals surface area contributed by atoms with Gasteiger partial charge >= 0.3 is 0 Å². The molecule has 0 bridgehead atoms. The van der Waals surface area contributed by atoms with Crippen molar-refractivity contribution in [2.45, 2.75) is 40.5 Å². The third-order valence-electron chi connectivity index (χ3n) is 3.00. The average molecular weight is 315 g/mol. The summed E-state index contributed by atoms with van der Waals surface area (Å²) in [5.41, 5.74) is 7.63. The number of rotatable bonds is 6. The van der Waals surface area contributed by atoms with Gasteiger partial charge in [0, 0.05) is 11.9 Å². The normalized spacial score (nSPS) is 11.4. The van der Waals surface area contributed by atoms with E-state index < -0.39 is 0 Å². The zero-order chi connectivity index (χ0) is 16.4. The summed E-state index contributed by atoms with van der Waals surface area (Å²) in [6.07, 6.45) is 8.09. The molecule has 0 saturated carbocycles. The van der Waals surface area contributed by atoms with Crippen LogP contribution in [0.4, 0.5) is 5.69 Å². The van der Waals surface area contributed by atoms with Crippen LogP contribution in [-0.2, 0) is 0 Å². The molecule has 0 radical (unpaired) electrons. The van der Waals surface area contributed by atoms with Crippen molar-refractivity contribution in [1.29, 1.82) is 0 Å². The van der Waals surface area contributed by atoms with Gasteiger partial charge in [-0.25, -0.2) is 0 Å². The molecule has 0 heterocycles. The lowest BCUT2D eigenvalue weighted by atomic mass is 10.1. The van der Waals surface area contributed by atoms with Gasteiger partial charge < -0.3 is 5.32 Å². The first kappa shape index (κ1) is 18.1. The van der Waals surface area contributed by atoms with Gasteiger partial charge in [0.25, 0.3) is 0 Å². The molecule has 118 valence electrons. The number of hydrogen-bond donors (Lipinski definition) is 2. The molecule has 0 amide bonds. The minimum absolute atomic E-state index is 0.482. The zero-order valence-electron chi connectivity index (χ0n) is 13.8. The minimum Gasteiger partial charge on any atom is -0.331 e. The van der Waals surface area contributed by atoms with Crippen LogP contribution in [0.3, 0.4) is 0 Å². The molecule has 0 unspecified atom stereocenters. The van der Waals surface area contributed by atoms with Gasteiger partial charge in [-0.15, -0.1) is 0 Å². The summed E-state index contributed by atoms with van der Waals surface area (Å²) in [5.74, 6) is 0. The van der Waals surface area contributed by atoms with E-state index in [1.807, 2.05) is 30.3 Å². The lowest BCUT2D eigenvalue weighted by Gasteiger charge is -2.06. The van der Waals surface area contributed by atoms with E-state index in [0.717, 1.165) is 18.5 Å². The van der Waals surface area contributed by atoms with E-state index in [9.17, 15) is 0 Å². The predicted molar refractivity (Wildman–Crippen MR) is 101 cm³/mol. The number of nitrogens with zero attached hydrogens (tertiary/aromatic N) is 1. The summed E-state index contributed by atoms with van der Waals surface area (Å²) in [4.78, 5) is 0. The molecule has 4 heteroatoms. The summed E-state index contributed by atoms with van der Waals surface area (Å²) in [6, 6.07) is 8.04. The number of hydrogen-bond acceptors (Lipinski definition) is 2. The largest absolute Gasteiger partial charge is 0.331 e. The Morgan fingerprint density at radius 2 is 1.86 bits per heavy atom. The molecule has 22 heavy (non-hydrogen) atoms. The zero-order valence-corrected chi connectivity index (χ0v) is 14.6. The summed E-state index contributed by atoms with van der Waals surface area (Å²) in [5, 5.41) is 7.66. The Hall–Kier alpha value is -1.94. The Morgan fingerprint density at radius 1 is 1.18 bits per heavy atom. The Labute approximate surface area is 139 Å². The number of anilines is 1. The van der Waals surface area contributed by atoms with E-state index in [2.05, 4.69) is 49.6 Å². The molecule has 0 saturated heterocycles. The summed E-state index contributed by atoms with van der Waals surface area (Å²) < 4.78 is 0. The Kier molecular flexibility index (Phi) is 8.15. The predicted octanol–water partition coefficient (Wildman–Crippen LogP) is 4.96. The van der Waals surface area contributed by atoms with Crippen molar-refractivity contribution in [1.82, 2.24) is 5.43 Å². The first-order valence-electron chi connectivity index (χ1n) is 7.43. The molecule has 3 nitrogen and oxygen atoms in total. The second-order valence-corrected chi connectivity index (χ2v) is 5.95. The van der Waals surface area contributed by atoms with E-state index >= 15 is 0 Å². The second kappa shape index (κ2) is 9.90. The fourth-order valence-electron chi connectivity index (χ4n) is 1.73. The van der Waals surface area contributed by atoms with Crippen LogP contribution in [0, 0.1) is 6.92 Å². The highest BCUT2D eigenvalue weighted by atomic mass is 32.1. The summed E-state index contributed by atoms with van der Waals surface area (Å²) >= 11 is 5.18. The number of hydrazone groups is 1. The van der Waals surface area contributed by atoms with Crippen LogP contribution in [0.2, 0.25) is 0 Å². The lowest BCUT2D eigenvalue weighted by molar-refractivity contribution is 0.968. The molecule has 0 aromatic heterocycles. The van der Waals surface area contributed by atoms with Crippen LogP contribution in [0.1, 0.15) is 39.2 Å². The van der Waals surface area contributed by atoms with E-state index in [0.29, 0.717) is 5.11 Å². The lowest BCUT2D eigenvalue weighted by Crippen LogP contribution is -2.23. The maximum Gasteiger partial charge on any atom is 0.191 e. The first-order chi connectivity index (χ1) is 10.5. The van der Waals surface area contributed by atoms with Crippen LogP contribution in [0.5, 0.6) is 0 Å². The van der Waals surface area contributed by atoms with Crippen molar-refractivity contribution in [2.75, 3.05) is 5.32 Å². The molecular formula is C18H25N3S. The van der Waals surface area contributed by atoms with Gasteiger partial charge in [-0.1, -0.05) is 34.9 Å². The van der Waals surface area contributed by atoms with Gasteiger partial charge in [-0.05, 0) is 71.0 Å². The average Bonchev–Trinajstić information content (AvgIpc) is 2.46. The number of aryl methyl sites for hydroxylation is 1. The maximum absolute atomic E-state index is 5.18. The first-order valence-corrected chi connectivity index (χ1v) is 7.84. The Morgan fingerprint density at radius 3 is 2.50 bits per heavy atom. The molecule has 1 aromatic carbocycles. The quantitative estimate of drug-likeness (QED) is 0.337. The highest BCUT2D eigenvalue weighted by molar-refractivity contribution is 7.80. The molecule has 0 aliphatic rings. The Bertz CT molecular complexity index is 564. The Balaban J connectivity index is 2.33. The molecule has 0 atom stereocenters. The van der Waals surface area contributed by atoms with Gasteiger partial charge in [0.1, 0.15) is 0 Å². The van der Waals surface area contributed by atoms with Crippen molar-refractivity contribution in [3.05, 3.63) is 53.1 Å². The molecule has 0 spiro atoms. The van der Waals surface area contributed by atoms with Crippen molar-refractivity contribution in [2.24, 2.45) is 5.10 Å². The van der Waals surface area contributed by atoms with Gasteiger partial charge in [-0.2, -0.15) is 5.10 Å². The second-order valence-electron chi connectivity index (χ2n) is 5.54. The molecule has 1 aromatic rings. The summed E-state index contributed by atoms with van der Waals surface area (Å²) in [6.45, 7) is 8.39. The van der Waals surface area contributed by atoms with Gasteiger partial charge in [0.05, 0.1) is 0 Å². The fraction of sp³-hybridized carbons (Fsp3) is 0.333. The smallest absolute Gasteiger partial charge is 0.191 e. The number of thiocarbonyl (C=S) groups is 1. The van der Waals surface area contributed by atoms with E-state index in [1.165, 1.54) is 16.7 Å². The van der Waals surface area contributed by atoms with Crippen LogP contribution in [0.25, 0.3) is 0 Å². The molecule has 2 N–H and O–H groups in total. The number of benzene rings is 1. The van der Waals surface area contributed by atoms with Crippen LogP contribution >= 0.6 is 12.2 Å². The van der Waals surface area contributed by atoms with Gasteiger partial charge in [0.15, 0.2) is 5.11 Å².